The van der Waals surface area contributed by atoms with Crippen molar-refractivity contribution < 1.29 is 9.90 Å². The van der Waals surface area contributed by atoms with Crippen LogP contribution in [0, 0.1) is 13.8 Å². The van der Waals surface area contributed by atoms with E-state index in [2.05, 4.69) is 20.6 Å². The van der Waals surface area contributed by atoms with Gasteiger partial charge in [-0.05, 0) is 38.3 Å². The molecule has 0 aliphatic carbocycles. The van der Waals surface area contributed by atoms with Crippen LogP contribution in [-0.2, 0) is 4.79 Å². The van der Waals surface area contributed by atoms with E-state index in [1.807, 2.05) is 26.2 Å². The molecule has 20 heavy (non-hydrogen) atoms. The molecule has 112 valence electrons. The van der Waals surface area contributed by atoms with Crippen molar-refractivity contribution in [3.05, 3.63) is 17.5 Å². The number of carbonyl (C=O) groups is 1. The van der Waals surface area contributed by atoms with Gasteiger partial charge >= 0.3 is 0 Å². The van der Waals surface area contributed by atoms with Crippen LogP contribution in [0.4, 0.5) is 5.95 Å². The summed E-state index contributed by atoms with van der Waals surface area (Å²) in [7, 11) is 0. The number of hydrogen-bond acceptors (Lipinski definition) is 6. The zero-order chi connectivity index (χ0) is 15.0. The molecule has 1 heterocycles. The first kappa shape index (κ1) is 16.7. The van der Waals surface area contributed by atoms with Crippen molar-refractivity contribution in [3.8, 4) is 0 Å². The second kappa shape index (κ2) is 8.76. The van der Waals surface area contributed by atoms with Crippen LogP contribution in [-0.4, -0.2) is 52.2 Å². The Morgan fingerprint density at radius 1 is 1.40 bits per heavy atom. The van der Waals surface area contributed by atoms with Crippen LogP contribution < -0.4 is 10.6 Å². The number of aliphatic hydroxyl groups is 1. The molecule has 0 bridgehead atoms. The lowest BCUT2D eigenvalue weighted by Crippen LogP contribution is -2.41. The SMILES string of the molecule is CSCC[C@H](Nc1nc(C)cc(C)n1)C(=O)NCCO. The van der Waals surface area contributed by atoms with Gasteiger partial charge in [0.05, 0.1) is 6.61 Å². The molecule has 0 saturated heterocycles. The number of aromatic nitrogens is 2. The number of aryl methyl sites for hydroxylation is 2. The lowest BCUT2D eigenvalue weighted by atomic mass is 10.2. The van der Waals surface area contributed by atoms with Crippen LogP contribution in [0.25, 0.3) is 0 Å². The van der Waals surface area contributed by atoms with Crippen LogP contribution in [0.5, 0.6) is 0 Å². The van der Waals surface area contributed by atoms with Crippen molar-refractivity contribution in [1.29, 1.82) is 0 Å². The number of nitrogens with zero attached hydrogens (tertiary/aromatic N) is 2. The highest BCUT2D eigenvalue weighted by Gasteiger charge is 2.18. The lowest BCUT2D eigenvalue weighted by Gasteiger charge is -2.18. The first-order chi connectivity index (χ1) is 9.56. The maximum absolute atomic E-state index is 12.0. The molecular formula is C13H22N4O2S. The molecule has 7 heteroatoms. The lowest BCUT2D eigenvalue weighted by molar-refractivity contribution is -0.122. The largest absolute Gasteiger partial charge is 0.395 e. The van der Waals surface area contributed by atoms with Crippen molar-refractivity contribution in [1.82, 2.24) is 15.3 Å². The number of amides is 1. The van der Waals surface area contributed by atoms with E-state index in [4.69, 9.17) is 5.11 Å². The molecule has 0 aliphatic rings. The van der Waals surface area contributed by atoms with Gasteiger partial charge in [-0.2, -0.15) is 11.8 Å². The summed E-state index contributed by atoms with van der Waals surface area (Å²) in [4.78, 5) is 20.6. The number of hydrogen-bond donors (Lipinski definition) is 3. The van der Waals surface area contributed by atoms with Crippen molar-refractivity contribution in [3.63, 3.8) is 0 Å². The Hall–Kier alpha value is -1.34. The molecule has 1 rings (SSSR count). The zero-order valence-electron chi connectivity index (χ0n) is 12.1. The molecule has 3 N–H and O–H groups in total. The molecule has 0 saturated carbocycles. The van der Waals surface area contributed by atoms with E-state index >= 15 is 0 Å². The van der Waals surface area contributed by atoms with Gasteiger partial charge in [-0.15, -0.1) is 0 Å². The maximum Gasteiger partial charge on any atom is 0.242 e. The molecule has 1 aromatic rings. The predicted molar refractivity (Wildman–Crippen MR) is 82.0 cm³/mol. The van der Waals surface area contributed by atoms with Crippen LogP contribution in [0.15, 0.2) is 6.07 Å². The second-order valence-corrected chi connectivity index (χ2v) is 5.45. The second-order valence-electron chi connectivity index (χ2n) is 4.47. The van der Waals surface area contributed by atoms with E-state index in [9.17, 15) is 4.79 Å². The van der Waals surface area contributed by atoms with E-state index in [1.54, 1.807) is 11.8 Å². The highest BCUT2D eigenvalue weighted by Crippen LogP contribution is 2.09. The first-order valence-electron chi connectivity index (χ1n) is 6.53. The molecule has 0 fully saturated rings. The molecule has 0 radical (unpaired) electrons. The first-order valence-corrected chi connectivity index (χ1v) is 7.92. The van der Waals surface area contributed by atoms with Crippen molar-refractivity contribution in [2.75, 3.05) is 30.5 Å². The Morgan fingerprint density at radius 3 is 2.60 bits per heavy atom. The molecule has 1 amide bonds. The van der Waals surface area contributed by atoms with Gasteiger partial charge in [-0.25, -0.2) is 9.97 Å². The zero-order valence-corrected chi connectivity index (χ0v) is 13.0. The minimum absolute atomic E-state index is 0.0684. The number of nitrogens with one attached hydrogen (secondary N) is 2. The molecule has 0 spiro atoms. The normalized spacial score (nSPS) is 12.0. The summed E-state index contributed by atoms with van der Waals surface area (Å²) < 4.78 is 0. The summed E-state index contributed by atoms with van der Waals surface area (Å²) >= 11 is 1.68. The Kier molecular flexibility index (Phi) is 7.32. The number of carbonyl (C=O) groups excluding carboxylic acids is 1. The van der Waals surface area contributed by atoms with Crippen LogP contribution in [0.3, 0.4) is 0 Å². The molecule has 0 aromatic carbocycles. The van der Waals surface area contributed by atoms with Gasteiger partial charge in [-0.1, -0.05) is 0 Å². The minimum Gasteiger partial charge on any atom is -0.395 e. The number of thioether (sulfide) groups is 1. The molecule has 1 aromatic heterocycles. The summed E-state index contributed by atoms with van der Waals surface area (Å²) in [5.41, 5.74) is 1.72. The number of aliphatic hydroxyl groups excluding tert-OH is 1. The fourth-order valence-corrected chi connectivity index (χ4v) is 2.22. The summed E-state index contributed by atoms with van der Waals surface area (Å²) in [6, 6.07) is 1.49. The van der Waals surface area contributed by atoms with E-state index in [0.717, 1.165) is 17.1 Å². The maximum atomic E-state index is 12.0. The van der Waals surface area contributed by atoms with E-state index in [0.29, 0.717) is 12.4 Å². The Labute approximate surface area is 123 Å². The van der Waals surface area contributed by atoms with Crippen molar-refractivity contribution in [2.45, 2.75) is 26.3 Å². The molecule has 1 atom stereocenters. The van der Waals surface area contributed by atoms with Gasteiger partial charge in [0.1, 0.15) is 6.04 Å². The van der Waals surface area contributed by atoms with Crippen LogP contribution in [0.2, 0.25) is 0 Å². The number of rotatable bonds is 8. The van der Waals surface area contributed by atoms with E-state index < -0.39 is 6.04 Å². The third-order valence-electron chi connectivity index (χ3n) is 2.62. The molecule has 6 nitrogen and oxygen atoms in total. The fraction of sp³-hybridized carbons (Fsp3) is 0.615. The quantitative estimate of drug-likeness (QED) is 0.656. The Morgan fingerprint density at radius 2 is 2.05 bits per heavy atom. The Bertz CT molecular complexity index is 422. The fourth-order valence-electron chi connectivity index (χ4n) is 1.75. The smallest absolute Gasteiger partial charge is 0.242 e. The van der Waals surface area contributed by atoms with Gasteiger partial charge in [0.2, 0.25) is 11.9 Å². The van der Waals surface area contributed by atoms with Crippen LogP contribution in [0.1, 0.15) is 17.8 Å². The van der Waals surface area contributed by atoms with E-state index in [-0.39, 0.29) is 19.1 Å². The summed E-state index contributed by atoms with van der Waals surface area (Å²) in [6.45, 7) is 3.97. The molecule has 0 unspecified atom stereocenters. The minimum atomic E-state index is -0.393. The van der Waals surface area contributed by atoms with Gasteiger partial charge in [-0.3, -0.25) is 4.79 Å². The number of anilines is 1. The van der Waals surface area contributed by atoms with Crippen molar-refractivity contribution >= 4 is 23.6 Å². The summed E-state index contributed by atoms with van der Waals surface area (Å²) in [5, 5.41) is 14.5. The molecular weight excluding hydrogens is 276 g/mol. The van der Waals surface area contributed by atoms with Crippen molar-refractivity contribution in [2.24, 2.45) is 0 Å². The summed E-state index contributed by atoms with van der Waals surface area (Å²) in [5.74, 6) is 1.18. The molecule has 0 aliphatic heterocycles. The highest BCUT2D eigenvalue weighted by atomic mass is 32.2. The third kappa shape index (κ3) is 5.75. The average Bonchev–Trinajstić information content (AvgIpc) is 2.39. The predicted octanol–water partition coefficient (Wildman–Crippen LogP) is 0.736. The monoisotopic (exact) mass is 298 g/mol. The van der Waals surface area contributed by atoms with Gasteiger partial charge in [0.25, 0.3) is 0 Å². The van der Waals surface area contributed by atoms with Crippen LogP contribution >= 0.6 is 11.8 Å². The van der Waals surface area contributed by atoms with Gasteiger partial charge in [0, 0.05) is 17.9 Å². The average molecular weight is 298 g/mol. The van der Waals surface area contributed by atoms with E-state index in [1.165, 1.54) is 0 Å². The Balaban J connectivity index is 2.74. The third-order valence-corrected chi connectivity index (χ3v) is 3.27. The van der Waals surface area contributed by atoms with Gasteiger partial charge in [0.15, 0.2) is 0 Å². The van der Waals surface area contributed by atoms with Gasteiger partial charge < -0.3 is 15.7 Å². The topological polar surface area (TPSA) is 87.1 Å². The standard InChI is InChI=1S/C13H22N4O2S/c1-9-8-10(2)16-13(15-9)17-11(4-7-20-3)12(19)14-5-6-18/h8,11,18H,4-7H2,1-3H3,(H,14,19)(H,15,16,17)/t11-/m0/s1. The summed E-state index contributed by atoms with van der Waals surface area (Å²) in [6.07, 6.45) is 2.67. The highest BCUT2D eigenvalue weighted by molar-refractivity contribution is 7.98.